The summed E-state index contributed by atoms with van der Waals surface area (Å²) in [5.74, 6) is -0.766. The predicted octanol–water partition coefficient (Wildman–Crippen LogP) is 2.79. The first kappa shape index (κ1) is 24.0. The first-order valence-electron chi connectivity index (χ1n) is 10.8. The van der Waals surface area contributed by atoms with Crippen LogP contribution in [0.3, 0.4) is 0 Å². The second kappa shape index (κ2) is 9.37. The summed E-state index contributed by atoms with van der Waals surface area (Å²) in [6, 6.07) is 12.6. The molecule has 3 heterocycles. The number of imide groups is 1. The molecule has 2 aliphatic rings. The zero-order chi connectivity index (χ0) is 25.4. The van der Waals surface area contributed by atoms with Crippen LogP contribution in [0, 0.1) is 0 Å². The van der Waals surface area contributed by atoms with Crippen molar-refractivity contribution in [1.82, 2.24) is 4.31 Å². The Balaban J connectivity index is 1.49. The molecule has 0 saturated carbocycles. The second-order valence-electron chi connectivity index (χ2n) is 8.00. The summed E-state index contributed by atoms with van der Waals surface area (Å²) in [4.78, 5) is 39.1. The summed E-state index contributed by atoms with van der Waals surface area (Å²) in [5, 5.41) is 1.63. The third kappa shape index (κ3) is 4.23. The number of ether oxygens (including phenoxy) is 3. The number of carbonyl (C=O) groups is 3. The minimum absolute atomic E-state index is 0.0596. The SMILES string of the molecule is COC(=O)c1ccc(N2C(=O)CC(N(Cc3ccc4c(c3)OCO4)S(=O)(=O)c3cccs3)C2=O)cc1. The number of rotatable bonds is 7. The maximum Gasteiger partial charge on any atom is 0.337 e. The average molecular weight is 529 g/mol. The van der Waals surface area contributed by atoms with E-state index >= 15 is 0 Å². The van der Waals surface area contributed by atoms with Gasteiger partial charge in [-0.3, -0.25) is 9.59 Å². The molecule has 1 saturated heterocycles. The van der Waals surface area contributed by atoms with Crippen molar-refractivity contribution in [3.63, 3.8) is 0 Å². The lowest BCUT2D eigenvalue weighted by atomic mass is 10.1. The highest BCUT2D eigenvalue weighted by Crippen LogP contribution is 2.35. The van der Waals surface area contributed by atoms with E-state index in [9.17, 15) is 22.8 Å². The summed E-state index contributed by atoms with van der Waals surface area (Å²) in [6.45, 7) is -0.0922. The number of carbonyl (C=O) groups excluding carboxylic acids is 3. The van der Waals surface area contributed by atoms with Crippen LogP contribution in [0.4, 0.5) is 5.69 Å². The normalized spacial score (nSPS) is 17.2. The van der Waals surface area contributed by atoms with Gasteiger partial charge in [-0.2, -0.15) is 4.31 Å². The van der Waals surface area contributed by atoms with Gasteiger partial charge in [0.15, 0.2) is 11.5 Å². The Kier molecular flexibility index (Phi) is 6.24. The fourth-order valence-electron chi connectivity index (χ4n) is 4.08. The van der Waals surface area contributed by atoms with E-state index in [1.165, 1.54) is 37.4 Å². The van der Waals surface area contributed by atoms with Crippen molar-refractivity contribution in [3.8, 4) is 11.5 Å². The van der Waals surface area contributed by atoms with E-state index in [0.29, 0.717) is 17.1 Å². The van der Waals surface area contributed by atoms with E-state index in [4.69, 9.17) is 9.47 Å². The Hall–Kier alpha value is -3.74. The third-order valence-corrected chi connectivity index (χ3v) is 9.08. The fraction of sp³-hybridized carbons (Fsp3) is 0.208. The van der Waals surface area contributed by atoms with Gasteiger partial charge < -0.3 is 14.2 Å². The van der Waals surface area contributed by atoms with Crippen molar-refractivity contribution in [1.29, 1.82) is 0 Å². The highest BCUT2D eigenvalue weighted by molar-refractivity contribution is 7.91. The van der Waals surface area contributed by atoms with Gasteiger partial charge in [-0.15, -0.1) is 11.3 Å². The molecule has 1 atom stereocenters. The molecule has 1 aromatic heterocycles. The molecule has 0 radical (unpaired) electrons. The maximum atomic E-state index is 13.6. The van der Waals surface area contributed by atoms with Crippen molar-refractivity contribution >= 4 is 44.8 Å². The lowest BCUT2D eigenvalue weighted by molar-refractivity contribution is -0.122. The van der Waals surface area contributed by atoms with Gasteiger partial charge >= 0.3 is 5.97 Å². The fourth-order valence-corrected chi connectivity index (χ4v) is 6.77. The molecular formula is C24H20N2O8S2. The Morgan fingerprint density at radius 1 is 1.11 bits per heavy atom. The Bertz CT molecular complexity index is 1440. The highest BCUT2D eigenvalue weighted by Gasteiger charge is 2.47. The van der Waals surface area contributed by atoms with Crippen molar-refractivity contribution < 1.29 is 37.0 Å². The standard InChI is InChI=1S/C24H20N2O8S2/c1-32-24(29)16-5-7-17(8-6-16)26-21(27)12-18(23(26)28)25(36(30,31)22-3-2-10-35-22)13-15-4-9-19-20(11-15)34-14-33-19/h2-11,18H,12-14H2,1H3. The molecule has 0 N–H and O–H groups in total. The molecule has 2 aromatic carbocycles. The lowest BCUT2D eigenvalue weighted by Gasteiger charge is -2.26. The molecular weight excluding hydrogens is 508 g/mol. The van der Waals surface area contributed by atoms with Gasteiger partial charge in [0.1, 0.15) is 10.3 Å². The van der Waals surface area contributed by atoms with E-state index in [2.05, 4.69) is 4.74 Å². The van der Waals surface area contributed by atoms with Crippen LogP contribution in [0.25, 0.3) is 0 Å². The van der Waals surface area contributed by atoms with Gasteiger partial charge in [0.25, 0.3) is 15.9 Å². The van der Waals surface area contributed by atoms with Gasteiger partial charge in [-0.05, 0) is 53.4 Å². The Morgan fingerprint density at radius 3 is 2.56 bits per heavy atom. The molecule has 36 heavy (non-hydrogen) atoms. The minimum Gasteiger partial charge on any atom is -0.465 e. The van der Waals surface area contributed by atoms with Crippen LogP contribution in [0.2, 0.25) is 0 Å². The van der Waals surface area contributed by atoms with Crippen molar-refractivity contribution in [3.05, 3.63) is 71.1 Å². The molecule has 1 fully saturated rings. The molecule has 3 aromatic rings. The van der Waals surface area contributed by atoms with Crippen LogP contribution in [0.5, 0.6) is 11.5 Å². The van der Waals surface area contributed by atoms with Gasteiger partial charge in [0.2, 0.25) is 12.7 Å². The predicted molar refractivity (Wildman–Crippen MR) is 128 cm³/mol. The van der Waals surface area contributed by atoms with Gasteiger partial charge in [-0.25, -0.2) is 18.1 Å². The van der Waals surface area contributed by atoms with Crippen LogP contribution in [0.1, 0.15) is 22.3 Å². The zero-order valence-electron chi connectivity index (χ0n) is 18.9. The monoisotopic (exact) mass is 528 g/mol. The maximum absolute atomic E-state index is 13.6. The quantitative estimate of drug-likeness (QED) is 0.339. The van der Waals surface area contributed by atoms with Crippen LogP contribution < -0.4 is 14.4 Å². The van der Waals surface area contributed by atoms with E-state index < -0.39 is 33.8 Å². The van der Waals surface area contributed by atoms with Crippen LogP contribution in [-0.2, 0) is 30.9 Å². The van der Waals surface area contributed by atoms with Crippen molar-refractivity contribution in [2.45, 2.75) is 23.2 Å². The summed E-state index contributed by atoms with van der Waals surface area (Å²) in [7, 11) is -2.87. The average Bonchev–Trinajstić information content (AvgIpc) is 3.63. The topological polar surface area (TPSA) is 120 Å². The first-order chi connectivity index (χ1) is 17.3. The molecule has 5 rings (SSSR count). The van der Waals surface area contributed by atoms with E-state index in [1.54, 1.807) is 29.6 Å². The van der Waals surface area contributed by atoms with E-state index in [-0.39, 0.29) is 35.2 Å². The summed E-state index contributed by atoms with van der Waals surface area (Å²) >= 11 is 1.03. The van der Waals surface area contributed by atoms with Crippen LogP contribution in [0.15, 0.2) is 64.2 Å². The third-order valence-electron chi connectivity index (χ3n) is 5.85. The number of benzene rings is 2. The van der Waals surface area contributed by atoms with E-state index in [1.807, 2.05) is 0 Å². The number of hydrogen-bond acceptors (Lipinski definition) is 9. The molecule has 0 spiro atoms. The molecule has 12 heteroatoms. The number of thiophene rings is 1. The zero-order valence-corrected chi connectivity index (χ0v) is 20.6. The largest absolute Gasteiger partial charge is 0.465 e. The van der Waals surface area contributed by atoms with Gasteiger partial charge in [-0.1, -0.05) is 12.1 Å². The Morgan fingerprint density at radius 2 is 1.86 bits per heavy atom. The number of hydrogen-bond donors (Lipinski definition) is 0. The number of esters is 1. The van der Waals surface area contributed by atoms with Crippen molar-refractivity contribution in [2.75, 3.05) is 18.8 Å². The molecule has 2 amide bonds. The molecule has 0 aliphatic carbocycles. The number of nitrogens with zero attached hydrogens (tertiary/aromatic N) is 2. The molecule has 1 unspecified atom stereocenters. The number of methoxy groups -OCH3 is 1. The minimum atomic E-state index is -4.12. The molecule has 2 aliphatic heterocycles. The van der Waals surface area contributed by atoms with Crippen LogP contribution in [-0.4, -0.2) is 50.5 Å². The van der Waals surface area contributed by atoms with Crippen LogP contribution >= 0.6 is 11.3 Å². The molecule has 0 bridgehead atoms. The summed E-state index contributed by atoms with van der Waals surface area (Å²) in [6.07, 6.45) is -0.327. The highest BCUT2D eigenvalue weighted by atomic mass is 32.2. The molecule has 186 valence electrons. The number of amides is 2. The molecule has 10 nitrogen and oxygen atoms in total. The van der Waals surface area contributed by atoms with Crippen molar-refractivity contribution in [2.24, 2.45) is 0 Å². The number of sulfonamides is 1. The first-order valence-corrected chi connectivity index (χ1v) is 13.1. The van der Waals surface area contributed by atoms with E-state index in [0.717, 1.165) is 20.5 Å². The van der Waals surface area contributed by atoms with Gasteiger partial charge in [0.05, 0.1) is 24.8 Å². The summed E-state index contributed by atoms with van der Waals surface area (Å²) < 4.78 is 43.7. The smallest absolute Gasteiger partial charge is 0.337 e. The number of anilines is 1. The second-order valence-corrected chi connectivity index (χ2v) is 11.1. The summed E-state index contributed by atoms with van der Waals surface area (Å²) in [5.41, 5.74) is 1.05. The Labute approximate surface area is 210 Å². The van der Waals surface area contributed by atoms with Gasteiger partial charge in [0, 0.05) is 6.54 Å². The number of fused-ring (bicyclic) bond motifs is 1. The lowest BCUT2D eigenvalue weighted by Crippen LogP contribution is -2.44.